The first-order valence-corrected chi connectivity index (χ1v) is 6.47. The molecule has 0 fully saturated rings. The van der Waals surface area contributed by atoms with Gasteiger partial charge in [0.15, 0.2) is 0 Å². The first-order valence-electron chi connectivity index (χ1n) is 6.09. The maximum absolute atomic E-state index is 11.0. The third kappa shape index (κ3) is 4.33. The Morgan fingerprint density at radius 1 is 1.58 bits per heavy atom. The van der Waals surface area contributed by atoms with Crippen molar-refractivity contribution in [2.75, 3.05) is 18.5 Å². The lowest BCUT2D eigenvalue weighted by molar-refractivity contribution is -0.384. The van der Waals surface area contributed by atoms with E-state index in [2.05, 4.69) is 4.98 Å². The van der Waals surface area contributed by atoms with E-state index >= 15 is 0 Å². The van der Waals surface area contributed by atoms with Gasteiger partial charge in [0.2, 0.25) is 5.82 Å². The Bertz CT molecular complexity index is 453. The number of hydrogen-bond acceptors (Lipinski definition) is 5. The monoisotopic (exact) mass is 286 g/mol. The fourth-order valence-corrected chi connectivity index (χ4v) is 1.78. The largest absolute Gasteiger partial charge is 0.354 e. The van der Waals surface area contributed by atoms with Gasteiger partial charge in [0.1, 0.15) is 0 Å². The van der Waals surface area contributed by atoms with E-state index in [1.807, 2.05) is 13.8 Å². The topological polar surface area (TPSA) is 85.3 Å². The molecule has 0 aliphatic carbocycles. The van der Waals surface area contributed by atoms with Gasteiger partial charge in [-0.2, -0.15) is 0 Å². The average Bonchev–Trinajstić information content (AvgIpc) is 2.35. The molecule has 1 rings (SSSR count). The van der Waals surface area contributed by atoms with Crippen LogP contribution in [0.25, 0.3) is 0 Å². The lowest BCUT2D eigenvalue weighted by atomic mass is 10.0. The second-order valence-electron chi connectivity index (χ2n) is 4.87. The summed E-state index contributed by atoms with van der Waals surface area (Å²) < 4.78 is 0. The number of nitro groups is 1. The molecule has 0 saturated carbocycles. The van der Waals surface area contributed by atoms with Crippen molar-refractivity contribution in [1.82, 2.24) is 4.98 Å². The SMILES string of the molecule is CC(C)C(N)CCN(C)c1ncc(Cl)cc1[N+](=O)[O-]. The van der Waals surface area contributed by atoms with E-state index in [0.717, 1.165) is 6.42 Å². The van der Waals surface area contributed by atoms with E-state index in [1.54, 1.807) is 11.9 Å². The van der Waals surface area contributed by atoms with Crippen LogP contribution in [0.5, 0.6) is 0 Å². The molecule has 0 aliphatic rings. The van der Waals surface area contributed by atoms with Crippen LogP contribution in [0, 0.1) is 16.0 Å². The zero-order valence-corrected chi connectivity index (χ0v) is 12.1. The molecule has 1 heterocycles. The minimum Gasteiger partial charge on any atom is -0.354 e. The fourth-order valence-electron chi connectivity index (χ4n) is 1.63. The van der Waals surface area contributed by atoms with Crippen LogP contribution in [0.15, 0.2) is 12.3 Å². The minimum absolute atomic E-state index is 0.0637. The molecule has 1 aromatic rings. The van der Waals surface area contributed by atoms with Gasteiger partial charge in [-0.25, -0.2) is 4.98 Å². The van der Waals surface area contributed by atoms with E-state index in [4.69, 9.17) is 17.3 Å². The Morgan fingerprint density at radius 3 is 2.74 bits per heavy atom. The minimum atomic E-state index is -0.479. The molecule has 106 valence electrons. The number of aromatic nitrogens is 1. The van der Waals surface area contributed by atoms with E-state index in [-0.39, 0.29) is 16.8 Å². The highest BCUT2D eigenvalue weighted by Crippen LogP contribution is 2.27. The summed E-state index contributed by atoms with van der Waals surface area (Å²) in [5.74, 6) is 0.687. The molecule has 1 aromatic heterocycles. The Hall–Kier alpha value is -1.40. The molecule has 0 spiro atoms. The van der Waals surface area contributed by atoms with Gasteiger partial charge in [0.05, 0.1) is 9.95 Å². The van der Waals surface area contributed by atoms with Crippen LogP contribution >= 0.6 is 11.6 Å². The van der Waals surface area contributed by atoms with Crippen LogP contribution in [-0.2, 0) is 0 Å². The van der Waals surface area contributed by atoms with Gasteiger partial charge >= 0.3 is 5.69 Å². The third-order valence-corrected chi connectivity index (χ3v) is 3.23. The molecule has 0 aromatic carbocycles. The van der Waals surface area contributed by atoms with Crippen LogP contribution in [-0.4, -0.2) is 29.5 Å². The number of hydrogen-bond donors (Lipinski definition) is 1. The van der Waals surface area contributed by atoms with Crippen molar-refractivity contribution in [3.05, 3.63) is 27.4 Å². The van der Waals surface area contributed by atoms with Crippen molar-refractivity contribution in [2.45, 2.75) is 26.3 Å². The maximum Gasteiger partial charge on any atom is 0.313 e. The van der Waals surface area contributed by atoms with Crippen LogP contribution in [0.3, 0.4) is 0 Å². The highest BCUT2D eigenvalue weighted by atomic mass is 35.5. The number of nitrogens with zero attached hydrogens (tertiary/aromatic N) is 3. The smallest absolute Gasteiger partial charge is 0.313 e. The van der Waals surface area contributed by atoms with Gasteiger partial charge in [-0.1, -0.05) is 25.4 Å². The zero-order valence-electron chi connectivity index (χ0n) is 11.3. The summed E-state index contributed by atoms with van der Waals surface area (Å²) in [5, 5.41) is 11.2. The molecule has 6 nitrogen and oxygen atoms in total. The quantitative estimate of drug-likeness (QED) is 0.641. The van der Waals surface area contributed by atoms with Gasteiger partial charge < -0.3 is 10.6 Å². The van der Waals surface area contributed by atoms with E-state index in [9.17, 15) is 10.1 Å². The lowest BCUT2D eigenvalue weighted by Gasteiger charge is -2.22. The molecule has 1 atom stereocenters. The van der Waals surface area contributed by atoms with E-state index in [0.29, 0.717) is 18.3 Å². The molecule has 0 amide bonds. The first kappa shape index (κ1) is 15.7. The molecule has 0 aliphatic heterocycles. The van der Waals surface area contributed by atoms with Gasteiger partial charge in [0, 0.05) is 31.9 Å². The predicted octanol–water partition coefficient (Wildman–Crippen LogP) is 2.45. The van der Waals surface area contributed by atoms with Gasteiger partial charge in [0.25, 0.3) is 0 Å². The maximum atomic E-state index is 11.0. The molecule has 2 N–H and O–H groups in total. The Labute approximate surface area is 117 Å². The molecule has 0 saturated heterocycles. The van der Waals surface area contributed by atoms with E-state index < -0.39 is 4.92 Å². The van der Waals surface area contributed by atoms with Crippen LogP contribution in [0.2, 0.25) is 5.02 Å². The Balaban J connectivity index is 2.82. The molecule has 1 unspecified atom stereocenters. The summed E-state index contributed by atoms with van der Waals surface area (Å²) in [6, 6.07) is 1.37. The van der Waals surface area contributed by atoms with E-state index in [1.165, 1.54) is 12.3 Å². The normalized spacial score (nSPS) is 12.5. The zero-order chi connectivity index (χ0) is 14.6. The van der Waals surface area contributed by atoms with Gasteiger partial charge in [-0.3, -0.25) is 10.1 Å². The summed E-state index contributed by atoms with van der Waals surface area (Å²) in [4.78, 5) is 16.3. The average molecular weight is 287 g/mol. The standard InChI is InChI=1S/C12H19ClN4O2/c1-8(2)10(14)4-5-16(3)12-11(17(18)19)6-9(13)7-15-12/h6-8,10H,4-5,14H2,1-3H3. The number of pyridine rings is 1. The third-order valence-electron chi connectivity index (χ3n) is 3.03. The summed E-state index contributed by atoms with van der Waals surface area (Å²) in [6.07, 6.45) is 2.15. The highest BCUT2D eigenvalue weighted by molar-refractivity contribution is 6.30. The van der Waals surface area contributed by atoms with Crippen LogP contribution in [0.1, 0.15) is 20.3 Å². The van der Waals surface area contributed by atoms with Crippen molar-refractivity contribution in [1.29, 1.82) is 0 Å². The first-order chi connectivity index (χ1) is 8.82. The highest BCUT2D eigenvalue weighted by Gasteiger charge is 2.20. The Morgan fingerprint density at radius 2 is 2.21 bits per heavy atom. The van der Waals surface area contributed by atoms with Crippen LogP contribution in [0.4, 0.5) is 11.5 Å². The number of rotatable bonds is 6. The summed E-state index contributed by atoms with van der Waals surface area (Å²) >= 11 is 5.73. The summed E-state index contributed by atoms with van der Waals surface area (Å²) in [6.45, 7) is 4.70. The molecule has 19 heavy (non-hydrogen) atoms. The molecular weight excluding hydrogens is 268 g/mol. The predicted molar refractivity (Wildman–Crippen MR) is 76.6 cm³/mol. The van der Waals surface area contributed by atoms with Gasteiger partial charge in [-0.15, -0.1) is 0 Å². The second-order valence-corrected chi connectivity index (χ2v) is 5.31. The molecule has 0 bridgehead atoms. The number of anilines is 1. The fraction of sp³-hybridized carbons (Fsp3) is 0.583. The molecule has 7 heteroatoms. The number of nitrogens with two attached hydrogens (primary N) is 1. The van der Waals surface area contributed by atoms with Crippen molar-refractivity contribution in [2.24, 2.45) is 11.7 Å². The Kier molecular flexibility index (Phi) is 5.50. The summed E-state index contributed by atoms with van der Waals surface area (Å²) in [7, 11) is 1.76. The van der Waals surface area contributed by atoms with Crippen molar-refractivity contribution in [3.63, 3.8) is 0 Å². The van der Waals surface area contributed by atoms with Gasteiger partial charge in [-0.05, 0) is 12.3 Å². The van der Waals surface area contributed by atoms with Crippen LogP contribution < -0.4 is 10.6 Å². The van der Waals surface area contributed by atoms with Crippen molar-refractivity contribution >= 4 is 23.1 Å². The summed E-state index contributed by atoms with van der Waals surface area (Å²) in [5.41, 5.74) is 5.87. The molecule has 0 radical (unpaired) electrons. The lowest BCUT2D eigenvalue weighted by Crippen LogP contribution is -2.32. The number of halogens is 1. The molecular formula is C12H19ClN4O2. The second kappa shape index (κ2) is 6.68. The van der Waals surface area contributed by atoms with Crippen molar-refractivity contribution < 1.29 is 4.92 Å². The van der Waals surface area contributed by atoms with Crippen molar-refractivity contribution in [3.8, 4) is 0 Å².